The van der Waals surface area contributed by atoms with Gasteiger partial charge in [-0.25, -0.2) is 0 Å². The molecule has 0 radical (unpaired) electrons. The maximum Gasteiger partial charge on any atom is 0.513 e. The van der Waals surface area contributed by atoms with Crippen LogP contribution in [0.3, 0.4) is 0 Å². The fourth-order valence-electron chi connectivity index (χ4n) is 3.21. The Balaban J connectivity index is 1.74. The van der Waals surface area contributed by atoms with E-state index in [-0.39, 0.29) is 5.91 Å². The summed E-state index contributed by atoms with van der Waals surface area (Å²) in [4.78, 5) is 23.5. The van der Waals surface area contributed by atoms with Crippen LogP contribution in [0.25, 0.3) is 10.4 Å². The molecule has 0 fully saturated rings. The number of nitrogen functional groups attached to an aromatic ring is 1. The summed E-state index contributed by atoms with van der Waals surface area (Å²) in [7, 11) is -2.46. The van der Waals surface area contributed by atoms with Crippen LogP contribution in [-0.2, 0) is 4.57 Å². The number of hydrogen-bond donors (Lipinski definition) is 4. The first-order valence-corrected chi connectivity index (χ1v) is 12.0. The van der Waals surface area contributed by atoms with Gasteiger partial charge in [0.05, 0.1) is 17.0 Å². The highest BCUT2D eigenvalue weighted by molar-refractivity contribution is 7.38. The third-order valence-electron chi connectivity index (χ3n) is 4.96. The number of aliphatic hydroxyl groups is 1. The second kappa shape index (κ2) is 9.71. The minimum absolute atomic E-state index is 0.317. The molecule has 1 heterocycles. The van der Waals surface area contributed by atoms with E-state index in [1.165, 1.54) is 0 Å². The molecule has 2 unspecified atom stereocenters. The molecule has 2 aromatic carbocycles. The molecule has 0 bridgehead atoms. The quantitative estimate of drug-likeness (QED) is 0.261. The van der Waals surface area contributed by atoms with Crippen LogP contribution in [-0.4, -0.2) is 21.5 Å². The molecule has 0 saturated carbocycles. The second-order valence-corrected chi connectivity index (χ2v) is 10.2. The first-order chi connectivity index (χ1) is 14.6. The van der Waals surface area contributed by atoms with E-state index in [0.29, 0.717) is 35.3 Å². The zero-order valence-corrected chi connectivity index (χ0v) is 19.1. The van der Waals surface area contributed by atoms with E-state index in [1.54, 1.807) is 55.5 Å². The van der Waals surface area contributed by atoms with Crippen LogP contribution in [0.15, 0.2) is 60.0 Å². The summed E-state index contributed by atoms with van der Waals surface area (Å²) in [5, 5.41) is 14.7. The van der Waals surface area contributed by atoms with E-state index < -0.39 is 19.3 Å². The van der Waals surface area contributed by atoms with Gasteiger partial charge in [-0.05, 0) is 66.1 Å². The number of amides is 1. The van der Waals surface area contributed by atoms with Gasteiger partial charge in [0.2, 0.25) is 5.66 Å². The molecule has 0 aliphatic carbocycles. The predicted octanol–water partition coefficient (Wildman–Crippen LogP) is 5.58. The van der Waals surface area contributed by atoms with E-state index in [1.807, 2.05) is 29.6 Å². The lowest BCUT2D eigenvalue weighted by atomic mass is 9.98. The van der Waals surface area contributed by atoms with Gasteiger partial charge in [-0.15, -0.1) is 11.3 Å². The monoisotopic (exact) mass is 457 g/mol. The number of hydrogen-bond acceptors (Lipinski definition) is 5. The maximum absolute atomic E-state index is 12.7. The van der Waals surface area contributed by atoms with Gasteiger partial charge in [-0.2, -0.15) is 4.89 Å². The van der Waals surface area contributed by atoms with Gasteiger partial charge in [0.1, 0.15) is 0 Å². The molecule has 31 heavy (non-hydrogen) atoms. The predicted molar refractivity (Wildman–Crippen MR) is 127 cm³/mol. The van der Waals surface area contributed by atoms with Gasteiger partial charge < -0.3 is 16.2 Å². The minimum Gasteiger partial charge on any atom is -0.397 e. The SMILES string of the molecule is CC(C)(O)CCC(c1ccc(C(=O)Nc2cc(-c3cccs3)ccc2N)cc1)[P+](=O)O. The summed E-state index contributed by atoms with van der Waals surface area (Å²) in [5.41, 5.74) is 7.56. The minimum atomic E-state index is -2.46. The Hall–Kier alpha value is -2.57. The van der Waals surface area contributed by atoms with Gasteiger partial charge in [-0.3, -0.25) is 4.79 Å². The highest BCUT2D eigenvalue weighted by atomic mass is 32.1. The molecular weight excluding hydrogens is 431 g/mol. The van der Waals surface area contributed by atoms with Crippen molar-refractivity contribution in [3.63, 3.8) is 0 Å². The Kier molecular flexibility index (Phi) is 7.23. The number of benzene rings is 2. The van der Waals surface area contributed by atoms with Gasteiger partial charge in [0.15, 0.2) is 0 Å². The van der Waals surface area contributed by atoms with Crippen molar-refractivity contribution >= 4 is 36.6 Å². The first-order valence-electron chi connectivity index (χ1n) is 9.86. The van der Waals surface area contributed by atoms with Crippen LogP contribution in [0.4, 0.5) is 11.4 Å². The third-order valence-corrected chi connectivity index (χ3v) is 6.97. The molecular formula is C23H26N2O4PS+. The molecule has 3 aromatic rings. The third kappa shape index (κ3) is 6.21. The molecule has 2 atom stereocenters. The highest BCUT2D eigenvalue weighted by Crippen LogP contribution is 2.42. The molecule has 6 nitrogen and oxygen atoms in total. The number of carbonyl (C=O) groups is 1. The number of nitrogens with one attached hydrogen (secondary N) is 1. The average Bonchev–Trinajstić information content (AvgIpc) is 3.24. The second-order valence-electron chi connectivity index (χ2n) is 8.02. The standard InChI is InChI=1S/C23H25N2O4PS/c1-23(2,27)12-11-20(30(28)29)15-5-7-16(8-6-15)22(26)25-19-14-17(9-10-18(19)24)21-4-3-13-31-21/h3-10,13-14,20,27H,11-12,24H2,1-2H3,(H-,25,26,28,29)/p+1. The zero-order valence-electron chi connectivity index (χ0n) is 17.4. The first kappa shape index (κ1) is 23.1. The Morgan fingerprint density at radius 1 is 1.19 bits per heavy atom. The Labute approximate surface area is 186 Å². The molecule has 162 valence electrons. The number of rotatable bonds is 8. The Morgan fingerprint density at radius 3 is 2.48 bits per heavy atom. The summed E-state index contributed by atoms with van der Waals surface area (Å²) in [5.74, 6) is -0.317. The van der Waals surface area contributed by atoms with Crippen molar-refractivity contribution < 1.29 is 19.4 Å². The van der Waals surface area contributed by atoms with Crippen molar-refractivity contribution in [1.29, 1.82) is 0 Å². The molecule has 3 rings (SSSR count). The molecule has 1 aromatic heterocycles. The normalized spacial score (nSPS) is 13.0. The van der Waals surface area contributed by atoms with Crippen molar-refractivity contribution in [1.82, 2.24) is 0 Å². The van der Waals surface area contributed by atoms with Crippen LogP contribution in [0.5, 0.6) is 0 Å². The van der Waals surface area contributed by atoms with E-state index in [0.717, 1.165) is 10.4 Å². The maximum atomic E-state index is 12.7. The largest absolute Gasteiger partial charge is 0.513 e. The average molecular weight is 458 g/mol. The molecule has 0 aliphatic rings. The highest BCUT2D eigenvalue weighted by Gasteiger charge is 2.32. The number of anilines is 2. The van der Waals surface area contributed by atoms with Crippen LogP contribution < -0.4 is 11.1 Å². The fraction of sp³-hybridized carbons (Fsp3) is 0.261. The van der Waals surface area contributed by atoms with Crippen LogP contribution in [0.2, 0.25) is 0 Å². The number of thiophene rings is 1. The van der Waals surface area contributed by atoms with E-state index in [2.05, 4.69) is 5.32 Å². The molecule has 0 aliphatic heterocycles. The molecule has 0 spiro atoms. The van der Waals surface area contributed by atoms with Crippen molar-refractivity contribution in [2.45, 2.75) is 37.9 Å². The van der Waals surface area contributed by atoms with Gasteiger partial charge in [0, 0.05) is 22.4 Å². The van der Waals surface area contributed by atoms with Crippen LogP contribution in [0, 0.1) is 0 Å². The van der Waals surface area contributed by atoms with E-state index in [9.17, 15) is 19.4 Å². The molecule has 5 N–H and O–H groups in total. The van der Waals surface area contributed by atoms with E-state index >= 15 is 0 Å². The Bertz CT molecular complexity index is 1060. The summed E-state index contributed by atoms with van der Waals surface area (Å²) in [6, 6.07) is 16.1. The van der Waals surface area contributed by atoms with Gasteiger partial charge in [-0.1, -0.05) is 24.3 Å². The van der Waals surface area contributed by atoms with Crippen LogP contribution >= 0.6 is 19.4 Å². The topological polar surface area (TPSA) is 113 Å². The zero-order chi connectivity index (χ0) is 22.6. The molecule has 8 heteroatoms. The number of carbonyl (C=O) groups excluding carboxylic acids is 1. The summed E-state index contributed by atoms with van der Waals surface area (Å²) in [6.07, 6.45) is 0.758. The van der Waals surface area contributed by atoms with Crippen LogP contribution in [0.1, 0.15) is 48.3 Å². The lowest BCUT2D eigenvalue weighted by molar-refractivity contribution is 0.0684. The van der Waals surface area contributed by atoms with Gasteiger partial charge in [0.25, 0.3) is 5.91 Å². The Morgan fingerprint density at radius 2 is 1.90 bits per heavy atom. The van der Waals surface area contributed by atoms with Crippen molar-refractivity contribution in [3.8, 4) is 10.4 Å². The lowest BCUT2D eigenvalue weighted by Gasteiger charge is -2.17. The van der Waals surface area contributed by atoms with Crippen molar-refractivity contribution in [2.75, 3.05) is 11.1 Å². The summed E-state index contributed by atoms with van der Waals surface area (Å²) >= 11 is 1.60. The van der Waals surface area contributed by atoms with Crippen molar-refractivity contribution in [3.05, 3.63) is 71.1 Å². The summed E-state index contributed by atoms with van der Waals surface area (Å²) in [6.45, 7) is 3.34. The van der Waals surface area contributed by atoms with Crippen molar-refractivity contribution in [2.24, 2.45) is 0 Å². The lowest BCUT2D eigenvalue weighted by Crippen LogP contribution is -2.19. The number of nitrogens with two attached hydrogens (primary N) is 1. The summed E-state index contributed by atoms with van der Waals surface area (Å²) < 4.78 is 11.8. The smallest absolute Gasteiger partial charge is 0.397 e. The van der Waals surface area contributed by atoms with Gasteiger partial charge >= 0.3 is 8.03 Å². The van der Waals surface area contributed by atoms with E-state index in [4.69, 9.17) is 5.73 Å². The molecule has 0 saturated heterocycles. The fourth-order valence-corrected chi connectivity index (χ4v) is 4.71. The molecule has 1 amide bonds.